The minimum absolute atomic E-state index is 0.247. The van der Waals surface area contributed by atoms with Gasteiger partial charge in [0.05, 0.1) is 6.61 Å². The molecule has 2 heterocycles. The van der Waals surface area contributed by atoms with Crippen molar-refractivity contribution in [2.24, 2.45) is 21.8 Å². The van der Waals surface area contributed by atoms with Gasteiger partial charge in [-0.05, 0) is 25.7 Å². The maximum absolute atomic E-state index is 11.8. The Morgan fingerprint density at radius 2 is 2.37 bits per heavy atom. The highest BCUT2D eigenvalue weighted by Crippen LogP contribution is 2.18. The van der Waals surface area contributed by atoms with Gasteiger partial charge in [0.25, 0.3) is 5.91 Å². The topological polar surface area (TPSA) is 71.3 Å². The van der Waals surface area contributed by atoms with Crippen LogP contribution >= 0.6 is 0 Å². The Labute approximate surface area is 112 Å². The number of hydrogen-bond donors (Lipinski definition) is 0. The van der Waals surface area contributed by atoms with Crippen LogP contribution in [-0.4, -0.2) is 48.6 Å². The van der Waals surface area contributed by atoms with E-state index >= 15 is 0 Å². The molecular weight excluding hydrogens is 246 g/mol. The van der Waals surface area contributed by atoms with Crippen molar-refractivity contribution in [2.75, 3.05) is 19.7 Å². The first-order valence-electron chi connectivity index (χ1n) is 6.70. The third kappa shape index (κ3) is 3.19. The van der Waals surface area contributed by atoms with Crippen LogP contribution in [0.3, 0.4) is 0 Å². The zero-order chi connectivity index (χ0) is 13.8. The van der Waals surface area contributed by atoms with Crippen molar-refractivity contribution in [1.82, 2.24) is 4.90 Å². The van der Waals surface area contributed by atoms with Gasteiger partial charge in [-0.2, -0.15) is 4.99 Å². The normalized spacial score (nSPS) is 27.2. The Hall–Kier alpha value is -1.72. The molecule has 2 unspecified atom stereocenters. The summed E-state index contributed by atoms with van der Waals surface area (Å²) >= 11 is 0. The van der Waals surface area contributed by atoms with Crippen LogP contribution < -0.4 is 0 Å². The Balaban J connectivity index is 2.03. The van der Waals surface area contributed by atoms with Crippen LogP contribution in [0.2, 0.25) is 0 Å². The van der Waals surface area contributed by atoms with Crippen molar-refractivity contribution < 1.29 is 14.3 Å². The van der Waals surface area contributed by atoms with Gasteiger partial charge >= 0.3 is 5.97 Å². The molecular formula is C13H19N3O3. The number of guanidine groups is 1. The summed E-state index contributed by atoms with van der Waals surface area (Å²) in [6, 6.07) is 0. The number of amides is 1. The smallest absolute Gasteiger partial charge is 0.324 e. The maximum Gasteiger partial charge on any atom is 0.324 e. The summed E-state index contributed by atoms with van der Waals surface area (Å²) in [7, 11) is 0. The van der Waals surface area contributed by atoms with E-state index in [0.29, 0.717) is 11.9 Å². The number of rotatable bonds is 2. The Morgan fingerprint density at radius 1 is 1.58 bits per heavy atom. The molecule has 2 atom stereocenters. The van der Waals surface area contributed by atoms with E-state index in [-0.39, 0.29) is 6.61 Å². The van der Waals surface area contributed by atoms with E-state index in [1.807, 2.05) is 4.90 Å². The molecule has 0 spiro atoms. The van der Waals surface area contributed by atoms with E-state index in [0.717, 1.165) is 19.5 Å². The summed E-state index contributed by atoms with van der Waals surface area (Å²) < 4.78 is 4.82. The monoisotopic (exact) mass is 265 g/mol. The molecule has 0 bridgehead atoms. The number of ether oxygens (including phenoxy) is 1. The number of piperidine rings is 1. The van der Waals surface area contributed by atoms with Crippen molar-refractivity contribution in [3.63, 3.8) is 0 Å². The molecule has 1 saturated heterocycles. The zero-order valence-electron chi connectivity index (χ0n) is 11.3. The molecule has 0 radical (unpaired) electrons. The van der Waals surface area contributed by atoms with E-state index in [4.69, 9.17) is 4.74 Å². The van der Waals surface area contributed by atoms with Gasteiger partial charge in [0.15, 0.2) is 5.92 Å². The van der Waals surface area contributed by atoms with Crippen LogP contribution in [0.15, 0.2) is 9.98 Å². The number of esters is 1. The Bertz CT molecular complexity index is 431. The molecule has 0 aliphatic carbocycles. The lowest BCUT2D eigenvalue weighted by molar-refractivity contribution is -0.148. The van der Waals surface area contributed by atoms with Gasteiger partial charge in [0.1, 0.15) is 0 Å². The van der Waals surface area contributed by atoms with Crippen molar-refractivity contribution in [2.45, 2.75) is 26.7 Å². The van der Waals surface area contributed by atoms with E-state index in [2.05, 4.69) is 16.9 Å². The number of likely N-dealkylation sites (tertiary alicyclic amines) is 1. The highest BCUT2D eigenvalue weighted by Gasteiger charge is 2.31. The van der Waals surface area contributed by atoms with E-state index < -0.39 is 17.8 Å². The Kier molecular flexibility index (Phi) is 4.29. The Morgan fingerprint density at radius 3 is 3.00 bits per heavy atom. The minimum Gasteiger partial charge on any atom is -0.465 e. The van der Waals surface area contributed by atoms with Crippen LogP contribution in [0.5, 0.6) is 0 Å². The summed E-state index contributed by atoms with van der Waals surface area (Å²) in [5.74, 6) is -1.04. The van der Waals surface area contributed by atoms with Gasteiger partial charge in [-0.25, -0.2) is 4.99 Å². The molecule has 1 fully saturated rings. The predicted molar refractivity (Wildman–Crippen MR) is 71.0 cm³/mol. The first-order chi connectivity index (χ1) is 9.11. The second-order valence-electron chi connectivity index (χ2n) is 4.95. The number of hydrogen-bond acceptors (Lipinski definition) is 5. The molecule has 104 valence electrons. The number of nitrogens with zero attached hydrogens (tertiary/aromatic N) is 3. The lowest BCUT2D eigenvalue weighted by Gasteiger charge is -2.32. The van der Waals surface area contributed by atoms with E-state index in [1.54, 1.807) is 6.92 Å². The van der Waals surface area contributed by atoms with Crippen molar-refractivity contribution in [1.29, 1.82) is 0 Å². The summed E-state index contributed by atoms with van der Waals surface area (Å²) in [5.41, 5.74) is 0. The van der Waals surface area contributed by atoms with Gasteiger partial charge in [-0.15, -0.1) is 0 Å². The van der Waals surface area contributed by atoms with Crippen LogP contribution in [-0.2, 0) is 14.3 Å². The van der Waals surface area contributed by atoms with Crippen molar-refractivity contribution in [3.8, 4) is 0 Å². The van der Waals surface area contributed by atoms with Crippen molar-refractivity contribution >= 4 is 24.1 Å². The molecule has 2 rings (SSSR count). The summed E-state index contributed by atoms with van der Waals surface area (Å²) in [6.45, 7) is 5.83. The second kappa shape index (κ2) is 5.95. The fraction of sp³-hybridized carbons (Fsp3) is 0.692. The summed E-state index contributed by atoms with van der Waals surface area (Å²) in [6.07, 6.45) is 3.61. The average molecular weight is 265 g/mol. The molecule has 6 nitrogen and oxygen atoms in total. The van der Waals surface area contributed by atoms with Gasteiger partial charge < -0.3 is 9.64 Å². The first-order valence-corrected chi connectivity index (χ1v) is 6.70. The van der Waals surface area contributed by atoms with Gasteiger partial charge in [0, 0.05) is 19.3 Å². The molecule has 1 amide bonds. The highest BCUT2D eigenvalue weighted by molar-refractivity contribution is 6.18. The van der Waals surface area contributed by atoms with Crippen molar-refractivity contribution in [3.05, 3.63) is 0 Å². The summed E-state index contributed by atoms with van der Waals surface area (Å²) in [5, 5.41) is 0. The highest BCUT2D eigenvalue weighted by atomic mass is 16.5. The number of carbonyl (C=O) groups is 2. The lowest BCUT2D eigenvalue weighted by atomic mass is 10.0. The number of aliphatic imine (C=N–C) groups is 2. The predicted octanol–water partition coefficient (Wildman–Crippen LogP) is 0.865. The lowest BCUT2D eigenvalue weighted by Crippen LogP contribution is -2.41. The molecule has 2 aliphatic heterocycles. The molecule has 0 aromatic carbocycles. The molecule has 0 aromatic rings. The SMILES string of the molecule is CCOC(=O)C1C=NC(N2CCCC(C)C2)=NC1=O. The quantitative estimate of drug-likeness (QED) is 0.548. The molecule has 19 heavy (non-hydrogen) atoms. The van der Waals surface area contributed by atoms with Crippen LogP contribution in [0.1, 0.15) is 26.7 Å². The van der Waals surface area contributed by atoms with Crippen LogP contribution in [0.25, 0.3) is 0 Å². The maximum atomic E-state index is 11.8. The fourth-order valence-electron chi connectivity index (χ4n) is 2.32. The van der Waals surface area contributed by atoms with Gasteiger partial charge in [-0.1, -0.05) is 6.92 Å². The second-order valence-corrected chi connectivity index (χ2v) is 4.95. The summed E-state index contributed by atoms with van der Waals surface area (Å²) in [4.78, 5) is 33.5. The fourth-order valence-corrected chi connectivity index (χ4v) is 2.32. The zero-order valence-corrected chi connectivity index (χ0v) is 11.3. The molecule has 0 aromatic heterocycles. The third-order valence-corrected chi connectivity index (χ3v) is 3.30. The van der Waals surface area contributed by atoms with Gasteiger partial charge in [-0.3, -0.25) is 9.59 Å². The van der Waals surface area contributed by atoms with Crippen LogP contribution in [0, 0.1) is 11.8 Å². The van der Waals surface area contributed by atoms with Crippen LogP contribution in [0.4, 0.5) is 0 Å². The minimum atomic E-state index is -0.981. The first kappa shape index (κ1) is 13.7. The molecule has 0 N–H and O–H groups in total. The standard InChI is InChI=1S/C13H19N3O3/c1-3-19-12(18)10-7-14-13(15-11(10)17)16-6-4-5-9(2)8-16/h7,9-10H,3-6,8H2,1-2H3. The van der Waals surface area contributed by atoms with E-state index in [9.17, 15) is 9.59 Å². The average Bonchev–Trinajstić information content (AvgIpc) is 2.38. The number of carbonyl (C=O) groups excluding carboxylic acids is 2. The third-order valence-electron chi connectivity index (χ3n) is 3.30. The largest absolute Gasteiger partial charge is 0.465 e. The molecule has 2 aliphatic rings. The van der Waals surface area contributed by atoms with Gasteiger partial charge in [0.2, 0.25) is 5.96 Å². The molecule has 0 saturated carbocycles. The molecule has 6 heteroatoms. The van der Waals surface area contributed by atoms with E-state index in [1.165, 1.54) is 12.6 Å².